The van der Waals surface area contributed by atoms with E-state index in [4.69, 9.17) is 14.2 Å². The first kappa shape index (κ1) is 16.4. The summed E-state index contributed by atoms with van der Waals surface area (Å²) in [6.45, 7) is 1.91. The Kier molecular flexibility index (Phi) is 5.91. The molecule has 0 N–H and O–H groups in total. The van der Waals surface area contributed by atoms with Crippen molar-refractivity contribution in [1.29, 1.82) is 5.26 Å². The molecule has 0 aromatic heterocycles. The van der Waals surface area contributed by atoms with Gasteiger partial charge in [-0.05, 0) is 43.6 Å². The van der Waals surface area contributed by atoms with Gasteiger partial charge in [0.2, 0.25) is 5.75 Å². The second-order valence-electron chi connectivity index (χ2n) is 5.44. The molecule has 120 valence electrons. The number of benzene rings is 1. The number of likely N-dealkylation sites (tertiary alicyclic amines) is 1. The second kappa shape index (κ2) is 7.90. The highest BCUT2D eigenvalue weighted by Gasteiger charge is 2.24. The molecule has 5 heteroatoms. The number of hydrogen-bond donors (Lipinski definition) is 0. The first-order valence-corrected chi connectivity index (χ1v) is 7.68. The average molecular weight is 304 g/mol. The number of nitrogens with zero attached hydrogens (tertiary/aromatic N) is 2. The average Bonchev–Trinajstić information content (AvgIpc) is 2.83. The quantitative estimate of drug-likeness (QED) is 0.836. The van der Waals surface area contributed by atoms with Crippen LogP contribution < -0.4 is 14.2 Å². The van der Waals surface area contributed by atoms with Crippen LogP contribution in [0.1, 0.15) is 37.3 Å². The van der Waals surface area contributed by atoms with E-state index in [0.717, 1.165) is 31.5 Å². The number of ether oxygens (including phenoxy) is 3. The van der Waals surface area contributed by atoms with Gasteiger partial charge in [0.05, 0.1) is 27.4 Å². The van der Waals surface area contributed by atoms with Crippen molar-refractivity contribution >= 4 is 0 Å². The molecule has 5 nitrogen and oxygen atoms in total. The van der Waals surface area contributed by atoms with Crippen molar-refractivity contribution in [2.75, 3.05) is 34.4 Å². The molecule has 1 unspecified atom stereocenters. The predicted molar refractivity (Wildman–Crippen MR) is 84.5 cm³/mol. The largest absolute Gasteiger partial charge is 0.493 e. The van der Waals surface area contributed by atoms with Crippen LogP contribution in [0, 0.1) is 11.3 Å². The summed E-state index contributed by atoms with van der Waals surface area (Å²) in [5, 5.41) is 9.67. The lowest BCUT2D eigenvalue weighted by molar-refractivity contribution is 0.244. The molecular weight excluding hydrogens is 280 g/mol. The molecular formula is C17H24N2O3. The Morgan fingerprint density at radius 3 is 1.91 bits per heavy atom. The summed E-state index contributed by atoms with van der Waals surface area (Å²) < 4.78 is 16.1. The summed E-state index contributed by atoms with van der Waals surface area (Å²) >= 11 is 0. The molecule has 0 amide bonds. The third-order valence-electron chi connectivity index (χ3n) is 4.13. The van der Waals surface area contributed by atoms with Crippen molar-refractivity contribution < 1.29 is 14.2 Å². The molecule has 22 heavy (non-hydrogen) atoms. The van der Waals surface area contributed by atoms with Crippen LogP contribution in [0.25, 0.3) is 0 Å². The standard InChI is InChI=1S/C17H24N2O3/c1-20-15-10-13(11-16(21-2)17(15)22-3)14(12-18)19-8-6-4-5-7-9-19/h10-11,14H,4-9H2,1-3H3. The van der Waals surface area contributed by atoms with Crippen LogP contribution in [-0.4, -0.2) is 39.3 Å². The summed E-state index contributed by atoms with van der Waals surface area (Å²) in [6.07, 6.45) is 4.76. The Balaban J connectivity index is 2.38. The van der Waals surface area contributed by atoms with E-state index in [1.165, 1.54) is 12.8 Å². The summed E-state index contributed by atoms with van der Waals surface area (Å²) in [5.74, 6) is 1.74. The van der Waals surface area contributed by atoms with Gasteiger partial charge in [0.25, 0.3) is 0 Å². The molecule has 1 fully saturated rings. The molecule has 1 atom stereocenters. The van der Waals surface area contributed by atoms with Crippen LogP contribution >= 0.6 is 0 Å². The molecule has 0 bridgehead atoms. The van der Waals surface area contributed by atoms with E-state index >= 15 is 0 Å². The van der Waals surface area contributed by atoms with E-state index in [2.05, 4.69) is 11.0 Å². The van der Waals surface area contributed by atoms with Gasteiger partial charge >= 0.3 is 0 Å². The van der Waals surface area contributed by atoms with Gasteiger partial charge in [-0.25, -0.2) is 0 Å². The van der Waals surface area contributed by atoms with E-state index in [0.29, 0.717) is 17.2 Å². The van der Waals surface area contributed by atoms with Crippen LogP contribution in [0.3, 0.4) is 0 Å². The summed E-state index contributed by atoms with van der Waals surface area (Å²) in [7, 11) is 4.76. The van der Waals surface area contributed by atoms with Crippen molar-refractivity contribution in [3.8, 4) is 23.3 Å². The lowest BCUT2D eigenvalue weighted by Crippen LogP contribution is -2.29. The Labute approximate surface area is 132 Å². The van der Waals surface area contributed by atoms with Crippen molar-refractivity contribution in [2.45, 2.75) is 31.7 Å². The molecule has 0 spiro atoms. The first-order valence-electron chi connectivity index (χ1n) is 7.68. The van der Waals surface area contributed by atoms with E-state index in [-0.39, 0.29) is 6.04 Å². The monoisotopic (exact) mass is 304 g/mol. The van der Waals surface area contributed by atoms with Crippen LogP contribution in [0.4, 0.5) is 0 Å². The maximum absolute atomic E-state index is 9.67. The van der Waals surface area contributed by atoms with Crippen molar-refractivity contribution in [1.82, 2.24) is 4.90 Å². The Morgan fingerprint density at radius 2 is 1.50 bits per heavy atom. The maximum Gasteiger partial charge on any atom is 0.203 e. The van der Waals surface area contributed by atoms with Gasteiger partial charge < -0.3 is 14.2 Å². The summed E-state index contributed by atoms with van der Waals surface area (Å²) in [6, 6.07) is 5.89. The number of nitriles is 1. The predicted octanol–water partition coefficient (Wildman–Crippen LogP) is 3.15. The van der Waals surface area contributed by atoms with Gasteiger partial charge in [-0.2, -0.15) is 5.26 Å². The fourth-order valence-corrected chi connectivity index (χ4v) is 2.98. The molecule has 1 aliphatic heterocycles. The molecule has 1 aromatic carbocycles. The van der Waals surface area contributed by atoms with Gasteiger partial charge in [0, 0.05) is 0 Å². The minimum Gasteiger partial charge on any atom is -0.493 e. The highest BCUT2D eigenvalue weighted by atomic mass is 16.5. The minimum absolute atomic E-state index is 0.285. The van der Waals surface area contributed by atoms with Crippen LogP contribution in [-0.2, 0) is 0 Å². The lowest BCUT2D eigenvalue weighted by Gasteiger charge is -2.26. The first-order chi connectivity index (χ1) is 10.7. The van der Waals surface area contributed by atoms with E-state index < -0.39 is 0 Å². The van der Waals surface area contributed by atoms with Gasteiger partial charge in [0.1, 0.15) is 6.04 Å². The van der Waals surface area contributed by atoms with Crippen molar-refractivity contribution in [3.05, 3.63) is 17.7 Å². The van der Waals surface area contributed by atoms with Crippen LogP contribution in [0.5, 0.6) is 17.2 Å². The fourth-order valence-electron chi connectivity index (χ4n) is 2.98. The smallest absolute Gasteiger partial charge is 0.203 e. The number of hydrogen-bond acceptors (Lipinski definition) is 5. The van der Waals surface area contributed by atoms with E-state index in [1.54, 1.807) is 21.3 Å². The van der Waals surface area contributed by atoms with Crippen LogP contribution in [0.15, 0.2) is 12.1 Å². The Morgan fingerprint density at radius 1 is 0.955 bits per heavy atom. The van der Waals surface area contributed by atoms with E-state index in [1.807, 2.05) is 12.1 Å². The van der Waals surface area contributed by atoms with Gasteiger partial charge in [0.15, 0.2) is 11.5 Å². The van der Waals surface area contributed by atoms with Gasteiger partial charge in [-0.15, -0.1) is 0 Å². The molecule has 0 radical (unpaired) electrons. The van der Waals surface area contributed by atoms with E-state index in [9.17, 15) is 5.26 Å². The lowest BCUT2D eigenvalue weighted by atomic mass is 10.0. The van der Waals surface area contributed by atoms with Gasteiger partial charge in [-0.3, -0.25) is 4.90 Å². The number of rotatable bonds is 5. The number of methoxy groups -OCH3 is 3. The summed E-state index contributed by atoms with van der Waals surface area (Å²) in [4.78, 5) is 2.24. The molecule has 1 heterocycles. The maximum atomic E-state index is 9.67. The zero-order valence-corrected chi connectivity index (χ0v) is 13.6. The van der Waals surface area contributed by atoms with Crippen LogP contribution in [0.2, 0.25) is 0 Å². The molecule has 0 saturated carbocycles. The zero-order valence-electron chi connectivity index (χ0n) is 13.6. The molecule has 2 rings (SSSR count). The third kappa shape index (κ3) is 3.45. The Hall–Kier alpha value is -1.93. The molecule has 0 aliphatic carbocycles. The molecule has 1 aliphatic rings. The van der Waals surface area contributed by atoms with Crippen molar-refractivity contribution in [3.63, 3.8) is 0 Å². The normalized spacial score (nSPS) is 17.2. The minimum atomic E-state index is -0.285. The fraction of sp³-hybridized carbons (Fsp3) is 0.588. The molecule has 1 saturated heterocycles. The van der Waals surface area contributed by atoms with Gasteiger partial charge in [-0.1, -0.05) is 12.8 Å². The highest BCUT2D eigenvalue weighted by Crippen LogP contribution is 2.40. The SMILES string of the molecule is COc1cc(C(C#N)N2CCCCCC2)cc(OC)c1OC. The summed E-state index contributed by atoms with van der Waals surface area (Å²) in [5.41, 5.74) is 0.888. The Bertz CT molecular complexity index is 506. The zero-order chi connectivity index (χ0) is 15.9. The highest BCUT2D eigenvalue weighted by molar-refractivity contribution is 5.55. The topological polar surface area (TPSA) is 54.7 Å². The molecule has 1 aromatic rings. The second-order valence-corrected chi connectivity index (χ2v) is 5.44. The third-order valence-corrected chi connectivity index (χ3v) is 4.13. The van der Waals surface area contributed by atoms with Crippen molar-refractivity contribution in [2.24, 2.45) is 0 Å².